The summed E-state index contributed by atoms with van der Waals surface area (Å²) in [6, 6.07) is 6.64. The van der Waals surface area contributed by atoms with Crippen LogP contribution in [-0.4, -0.2) is 29.7 Å². The first kappa shape index (κ1) is 20.5. The lowest BCUT2D eigenvalue weighted by Crippen LogP contribution is -2.38. The number of amides is 1. The van der Waals surface area contributed by atoms with E-state index in [1.54, 1.807) is 24.3 Å². The Morgan fingerprint density at radius 3 is 2.59 bits per heavy atom. The molecule has 0 unspecified atom stereocenters. The fourth-order valence-electron chi connectivity index (χ4n) is 2.25. The molecule has 1 amide bonds. The molecule has 0 aliphatic heterocycles. The van der Waals surface area contributed by atoms with E-state index in [1.165, 1.54) is 0 Å². The van der Waals surface area contributed by atoms with Gasteiger partial charge < -0.3 is 19.3 Å². The highest BCUT2D eigenvalue weighted by Crippen LogP contribution is 2.19. The van der Waals surface area contributed by atoms with Crippen LogP contribution >= 0.6 is 0 Å². The van der Waals surface area contributed by atoms with Crippen LogP contribution in [0.5, 0.6) is 5.75 Å². The third-order valence-corrected chi connectivity index (χ3v) is 4.36. The Bertz CT molecular complexity index is 778. The molecule has 0 aliphatic rings. The molecule has 0 saturated carbocycles. The van der Waals surface area contributed by atoms with E-state index in [0.29, 0.717) is 23.0 Å². The second kappa shape index (κ2) is 9.21. The third-order valence-electron chi connectivity index (χ3n) is 4.36. The molecule has 1 heterocycles. The predicted octanol–water partition coefficient (Wildman–Crippen LogP) is 3.19. The average Bonchev–Trinajstić information content (AvgIpc) is 2.96. The number of benzene rings is 1. The molecule has 0 aliphatic carbocycles. The van der Waals surface area contributed by atoms with Gasteiger partial charge in [0.2, 0.25) is 0 Å². The minimum absolute atomic E-state index is 0.0113. The molecule has 0 spiro atoms. The SMILES string of the molecule is Cc1noc(C)c1COc1cccc(C(=O)OCC(=O)N[C@H](C)C(C)C)c1. The maximum Gasteiger partial charge on any atom is 0.338 e. The molecule has 1 atom stereocenters. The predicted molar refractivity (Wildman–Crippen MR) is 99.5 cm³/mol. The maximum atomic E-state index is 12.2. The summed E-state index contributed by atoms with van der Waals surface area (Å²) in [5.74, 6) is 0.615. The van der Waals surface area contributed by atoms with E-state index in [-0.39, 0.29) is 25.2 Å². The summed E-state index contributed by atoms with van der Waals surface area (Å²) in [6.45, 7) is 9.54. The molecule has 2 aromatic rings. The number of carbonyl (C=O) groups excluding carboxylic acids is 2. The van der Waals surface area contributed by atoms with Gasteiger partial charge in [0.1, 0.15) is 18.1 Å². The topological polar surface area (TPSA) is 90.7 Å². The molecule has 7 nitrogen and oxygen atoms in total. The maximum absolute atomic E-state index is 12.2. The van der Waals surface area contributed by atoms with Gasteiger partial charge in [-0.25, -0.2) is 4.79 Å². The van der Waals surface area contributed by atoms with Gasteiger partial charge in [0, 0.05) is 6.04 Å². The minimum Gasteiger partial charge on any atom is -0.489 e. The fourth-order valence-corrected chi connectivity index (χ4v) is 2.25. The first-order valence-corrected chi connectivity index (χ1v) is 8.89. The van der Waals surface area contributed by atoms with Crippen LogP contribution in [0.4, 0.5) is 0 Å². The van der Waals surface area contributed by atoms with E-state index in [4.69, 9.17) is 14.0 Å². The molecule has 27 heavy (non-hydrogen) atoms. The first-order chi connectivity index (χ1) is 12.8. The van der Waals surface area contributed by atoms with Gasteiger partial charge in [-0.1, -0.05) is 25.1 Å². The van der Waals surface area contributed by atoms with Gasteiger partial charge in [0.15, 0.2) is 6.61 Å². The molecule has 0 bridgehead atoms. The fraction of sp³-hybridized carbons (Fsp3) is 0.450. The Morgan fingerprint density at radius 1 is 1.22 bits per heavy atom. The van der Waals surface area contributed by atoms with Crippen LogP contribution in [0, 0.1) is 19.8 Å². The Morgan fingerprint density at radius 2 is 1.96 bits per heavy atom. The summed E-state index contributed by atoms with van der Waals surface area (Å²) in [4.78, 5) is 24.0. The van der Waals surface area contributed by atoms with Crippen molar-refractivity contribution >= 4 is 11.9 Å². The number of hydrogen-bond donors (Lipinski definition) is 1. The molecule has 7 heteroatoms. The molecule has 0 radical (unpaired) electrons. The number of nitrogens with zero attached hydrogens (tertiary/aromatic N) is 1. The molecule has 1 N–H and O–H groups in total. The van der Waals surface area contributed by atoms with Gasteiger partial charge in [-0.15, -0.1) is 0 Å². The van der Waals surface area contributed by atoms with Crippen LogP contribution in [0.1, 0.15) is 48.1 Å². The lowest BCUT2D eigenvalue weighted by atomic mass is 10.1. The van der Waals surface area contributed by atoms with Gasteiger partial charge >= 0.3 is 5.97 Å². The van der Waals surface area contributed by atoms with Crippen molar-refractivity contribution in [2.75, 3.05) is 6.61 Å². The Hall–Kier alpha value is -2.83. The van der Waals surface area contributed by atoms with Crippen LogP contribution in [0.3, 0.4) is 0 Å². The van der Waals surface area contributed by atoms with Crippen molar-refractivity contribution in [1.82, 2.24) is 10.5 Å². The largest absolute Gasteiger partial charge is 0.489 e. The summed E-state index contributed by atoms with van der Waals surface area (Å²) in [5.41, 5.74) is 1.96. The van der Waals surface area contributed by atoms with E-state index in [1.807, 2.05) is 34.6 Å². The zero-order valence-electron chi connectivity index (χ0n) is 16.4. The highest BCUT2D eigenvalue weighted by molar-refractivity contribution is 5.91. The van der Waals surface area contributed by atoms with Crippen LogP contribution in [-0.2, 0) is 16.1 Å². The average molecular weight is 374 g/mol. The number of esters is 1. The van der Waals surface area contributed by atoms with Crippen molar-refractivity contribution in [2.45, 2.75) is 47.3 Å². The van der Waals surface area contributed by atoms with Crippen LogP contribution in [0.2, 0.25) is 0 Å². The van der Waals surface area contributed by atoms with Crippen molar-refractivity contribution in [2.24, 2.45) is 5.92 Å². The van der Waals surface area contributed by atoms with Gasteiger partial charge in [-0.2, -0.15) is 0 Å². The summed E-state index contributed by atoms with van der Waals surface area (Å²) in [5, 5.41) is 6.67. The lowest BCUT2D eigenvalue weighted by molar-refractivity contribution is -0.125. The molecule has 0 fully saturated rings. The number of rotatable bonds is 8. The molecule has 1 aromatic heterocycles. The molecule has 2 rings (SSSR count). The number of ether oxygens (including phenoxy) is 2. The highest BCUT2D eigenvalue weighted by atomic mass is 16.5. The molecular formula is C20H26N2O5. The standard InChI is InChI=1S/C20H26N2O5/c1-12(2)13(3)21-19(23)11-26-20(24)16-7-6-8-17(9-16)25-10-18-14(4)22-27-15(18)5/h6-9,12-13H,10-11H2,1-5H3,(H,21,23)/t13-/m1/s1. The van der Waals surface area contributed by atoms with Gasteiger partial charge in [0.25, 0.3) is 5.91 Å². The van der Waals surface area contributed by atoms with Gasteiger partial charge in [-0.05, 0) is 44.9 Å². The third kappa shape index (κ3) is 5.84. The zero-order valence-corrected chi connectivity index (χ0v) is 16.4. The Balaban J connectivity index is 1.90. The zero-order chi connectivity index (χ0) is 20.0. The van der Waals surface area contributed by atoms with E-state index in [0.717, 1.165) is 11.3 Å². The smallest absolute Gasteiger partial charge is 0.338 e. The van der Waals surface area contributed by atoms with Crippen LogP contribution < -0.4 is 10.1 Å². The summed E-state index contributed by atoms with van der Waals surface area (Å²) in [7, 11) is 0. The number of aromatic nitrogens is 1. The first-order valence-electron chi connectivity index (χ1n) is 8.89. The Labute approximate surface area is 159 Å². The summed E-state index contributed by atoms with van der Waals surface area (Å²) < 4.78 is 15.9. The van der Waals surface area contributed by atoms with Crippen molar-refractivity contribution in [3.05, 3.63) is 46.8 Å². The molecule has 146 valence electrons. The van der Waals surface area contributed by atoms with Crippen molar-refractivity contribution in [3.8, 4) is 5.75 Å². The normalized spacial score (nSPS) is 11.9. The molecule has 0 saturated heterocycles. The second-order valence-electron chi connectivity index (χ2n) is 6.80. The number of carbonyl (C=O) groups is 2. The van der Waals surface area contributed by atoms with E-state index in [2.05, 4.69) is 10.5 Å². The summed E-state index contributed by atoms with van der Waals surface area (Å²) >= 11 is 0. The van der Waals surface area contributed by atoms with Crippen LogP contribution in [0.25, 0.3) is 0 Å². The quantitative estimate of drug-likeness (QED) is 0.714. The van der Waals surface area contributed by atoms with E-state index >= 15 is 0 Å². The number of aryl methyl sites for hydroxylation is 2. The minimum atomic E-state index is -0.579. The van der Waals surface area contributed by atoms with Gasteiger partial charge in [0.05, 0.1) is 16.8 Å². The second-order valence-corrected chi connectivity index (χ2v) is 6.80. The highest BCUT2D eigenvalue weighted by Gasteiger charge is 2.15. The molecular weight excluding hydrogens is 348 g/mol. The van der Waals surface area contributed by atoms with E-state index in [9.17, 15) is 9.59 Å². The van der Waals surface area contributed by atoms with Crippen LogP contribution in [0.15, 0.2) is 28.8 Å². The Kier molecular flexibility index (Phi) is 6.98. The van der Waals surface area contributed by atoms with Crippen molar-refractivity contribution in [1.29, 1.82) is 0 Å². The summed E-state index contributed by atoms with van der Waals surface area (Å²) in [6.07, 6.45) is 0. The van der Waals surface area contributed by atoms with Crippen molar-refractivity contribution < 1.29 is 23.6 Å². The monoisotopic (exact) mass is 374 g/mol. The lowest BCUT2D eigenvalue weighted by Gasteiger charge is -2.17. The van der Waals surface area contributed by atoms with Crippen molar-refractivity contribution in [3.63, 3.8) is 0 Å². The molecule has 1 aromatic carbocycles. The van der Waals surface area contributed by atoms with Gasteiger partial charge in [-0.3, -0.25) is 4.79 Å². The van der Waals surface area contributed by atoms with E-state index < -0.39 is 5.97 Å². The number of hydrogen-bond acceptors (Lipinski definition) is 6. The number of nitrogens with one attached hydrogen (secondary N) is 1.